The highest BCUT2D eigenvalue weighted by Crippen LogP contribution is 2.26. The first kappa shape index (κ1) is 14.2. The maximum absolute atomic E-state index is 5.25. The predicted octanol–water partition coefficient (Wildman–Crippen LogP) is 3.32. The fourth-order valence-corrected chi connectivity index (χ4v) is 3.11. The van der Waals surface area contributed by atoms with E-state index in [-0.39, 0.29) is 0 Å². The van der Waals surface area contributed by atoms with Crippen molar-refractivity contribution in [3.05, 3.63) is 10.2 Å². The van der Waals surface area contributed by atoms with Crippen molar-refractivity contribution in [3.63, 3.8) is 0 Å². The molecule has 0 spiro atoms. The van der Waals surface area contributed by atoms with Crippen molar-refractivity contribution in [1.29, 1.82) is 0 Å². The van der Waals surface area contributed by atoms with Gasteiger partial charge in [0.25, 0.3) is 0 Å². The van der Waals surface area contributed by atoms with Crippen LogP contribution in [-0.2, 0) is 6.54 Å². The Morgan fingerprint density at radius 3 is 2.74 bits per heavy atom. The van der Waals surface area contributed by atoms with Crippen LogP contribution in [0.5, 0.6) is 0 Å². The fourth-order valence-electron chi connectivity index (χ4n) is 1.95. The summed E-state index contributed by atoms with van der Waals surface area (Å²) in [5.41, 5.74) is 0.896. The number of thiazole rings is 1. The van der Waals surface area contributed by atoms with Gasteiger partial charge in [0.1, 0.15) is 5.69 Å². The van der Waals surface area contributed by atoms with Crippen molar-refractivity contribution in [3.8, 4) is 11.5 Å². The van der Waals surface area contributed by atoms with Crippen molar-refractivity contribution >= 4 is 28.7 Å². The van der Waals surface area contributed by atoms with Gasteiger partial charge >= 0.3 is 0 Å². The molecule has 0 aliphatic carbocycles. The minimum Gasteiger partial charge on any atom is -0.349 e. The van der Waals surface area contributed by atoms with Crippen LogP contribution in [0.25, 0.3) is 11.5 Å². The molecule has 0 bridgehead atoms. The maximum atomic E-state index is 5.25. The minimum absolute atomic E-state index is 0.661. The molecule has 2 rings (SSSR count). The van der Waals surface area contributed by atoms with E-state index in [0.717, 1.165) is 42.7 Å². The van der Waals surface area contributed by atoms with Gasteiger partial charge in [-0.1, -0.05) is 6.92 Å². The van der Waals surface area contributed by atoms with Crippen LogP contribution in [0.1, 0.15) is 27.2 Å². The lowest BCUT2D eigenvalue weighted by atomic mass is 10.4. The van der Waals surface area contributed by atoms with Gasteiger partial charge in [0, 0.05) is 25.0 Å². The predicted molar refractivity (Wildman–Crippen MR) is 82.4 cm³/mol. The van der Waals surface area contributed by atoms with E-state index in [0.29, 0.717) is 4.77 Å². The molecule has 0 radical (unpaired) electrons. The molecule has 0 amide bonds. The van der Waals surface area contributed by atoms with Crippen LogP contribution in [0, 0.1) is 4.77 Å². The SMILES string of the molecule is CCCn1c(-c2csc(N(CC)CC)n2)n[nH]c1=S. The van der Waals surface area contributed by atoms with Gasteiger partial charge in [0.2, 0.25) is 0 Å². The lowest BCUT2D eigenvalue weighted by Crippen LogP contribution is -2.21. The smallest absolute Gasteiger partial charge is 0.195 e. The second-order valence-electron chi connectivity index (χ2n) is 4.19. The number of rotatable bonds is 6. The molecule has 19 heavy (non-hydrogen) atoms. The highest BCUT2D eigenvalue weighted by molar-refractivity contribution is 7.71. The fraction of sp³-hybridized carbons (Fsp3) is 0.583. The van der Waals surface area contributed by atoms with E-state index < -0.39 is 0 Å². The number of anilines is 1. The monoisotopic (exact) mass is 297 g/mol. The van der Waals surface area contributed by atoms with Crippen LogP contribution < -0.4 is 4.90 Å². The summed E-state index contributed by atoms with van der Waals surface area (Å²) >= 11 is 6.90. The largest absolute Gasteiger partial charge is 0.349 e. The zero-order valence-corrected chi connectivity index (χ0v) is 13.1. The third kappa shape index (κ3) is 2.87. The standard InChI is InChI=1S/C12H19N5S2/c1-4-7-17-10(14-15-11(17)18)9-8-19-12(13-9)16(5-2)6-3/h8H,4-7H2,1-3H3,(H,15,18). The Bertz CT molecular complexity index is 579. The van der Waals surface area contributed by atoms with Gasteiger partial charge in [0.15, 0.2) is 15.7 Å². The summed E-state index contributed by atoms with van der Waals surface area (Å²) in [6.07, 6.45) is 1.02. The average molecular weight is 297 g/mol. The Balaban J connectivity index is 2.35. The van der Waals surface area contributed by atoms with Gasteiger partial charge in [-0.2, -0.15) is 5.10 Å². The number of hydrogen-bond acceptors (Lipinski definition) is 5. The minimum atomic E-state index is 0.661. The van der Waals surface area contributed by atoms with Gasteiger partial charge in [-0.25, -0.2) is 4.98 Å². The molecule has 0 unspecified atom stereocenters. The Kier molecular flexibility index (Phi) is 4.71. The maximum Gasteiger partial charge on any atom is 0.195 e. The summed E-state index contributed by atoms with van der Waals surface area (Å²) in [4.78, 5) is 6.91. The molecule has 104 valence electrons. The lowest BCUT2D eigenvalue weighted by Gasteiger charge is -2.16. The van der Waals surface area contributed by atoms with Crippen LogP contribution in [0.15, 0.2) is 5.38 Å². The van der Waals surface area contributed by atoms with Crippen molar-refractivity contribution < 1.29 is 0 Å². The first-order chi connectivity index (χ1) is 9.21. The van der Waals surface area contributed by atoms with E-state index in [1.807, 2.05) is 9.95 Å². The first-order valence-corrected chi connectivity index (χ1v) is 7.86. The normalized spacial score (nSPS) is 10.9. The molecule has 5 nitrogen and oxygen atoms in total. The molecule has 2 aromatic heterocycles. The molecule has 2 heterocycles. The topological polar surface area (TPSA) is 49.7 Å². The Hall–Kier alpha value is -1.21. The van der Waals surface area contributed by atoms with Crippen LogP contribution in [0.4, 0.5) is 5.13 Å². The third-order valence-corrected chi connectivity index (χ3v) is 4.17. The van der Waals surface area contributed by atoms with E-state index in [4.69, 9.17) is 12.2 Å². The van der Waals surface area contributed by atoms with E-state index >= 15 is 0 Å². The number of aromatic amines is 1. The number of hydrogen-bond donors (Lipinski definition) is 1. The average Bonchev–Trinajstić information content (AvgIpc) is 3.00. The van der Waals surface area contributed by atoms with E-state index in [1.165, 1.54) is 0 Å². The first-order valence-electron chi connectivity index (χ1n) is 6.57. The molecule has 0 aliphatic heterocycles. The summed E-state index contributed by atoms with van der Waals surface area (Å²) in [7, 11) is 0. The van der Waals surface area contributed by atoms with Crippen LogP contribution in [-0.4, -0.2) is 32.8 Å². The summed E-state index contributed by atoms with van der Waals surface area (Å²) in [6, 6.07) is 0. The van der Waals surface area contributed by atoms with Crippen molar-refractivity contribution in [2.75, 3.05) is 18.0 Å². The second kappa shape index (κ2) is 6.29. The third-order valence-electron chi connectivity index (χ3n) is 2.96. The quantitative estimate of drug-likeness (QED) is 0.831. The molecule has 0 atom stereocenters. The van der Waals surface area contributed by atoms with Gasteiger partial charge in [0.05, 0.1) is 0 Å². The molecule has 0 aromatic carbocycles. The molecule has 7 heteroatoms. The summed E-state index contributed by atoms with van der Waals surface area (Å²) < 4.78 is 2.67. The van der Waals surface area contributed by atoms with Gasteiger partial charge < -0.3 is 4.90 Å². The van der Waals surface area contributed by atoms with Crippen molar-refractivity contribution in [2.45, 2.75) is 33.7 Å². The Morgan fingerprint density at radius 1 is 1.37 bits per heavy atom. The van der Waals surface area contributed by atoms with E-state index in [2.05, 4.69) is 40.9 Å². The van der Waals surface area contributed by atoms with E-state index in [9.17, 15) is 0 Å². The molecule has 0 saturated carbocycles. The number of aromatic nitrogens is 4. The molecular weight excluding hydrogens is 278 g/mol. The highest BCUT2D eigenvalue weighted by atomic mass is 32.1. The zero-order chi connectivity index (χ0) is 13.8. The Morgan fingerprint density at radius 2 is 2.11 bits per heavy atom. The molecular formula is C12H19N5S2. The van der Waals surface area contributed by atoms with Crippen molar-refractivity contribution in [2.24, 2.45) is 0 Å². The number of H-pyrrole nitrogens is 1. The van der Waals surface area contributed by atoms with Crippen LogP contribution >= 0.6 is 23.6 Å². The number of nitrogens with zero attached hydrogens (tertiary/aromatic N) is 4. The molecule has 0 fully saturated rings. The van der Waals surface area contributed by atoms with E-state index in [1.54, 1.807) is 11.3 Å². The molecule has 2 aromatic rings. The molecule has 0 saturated heterocycles. The Labute approximate surface area is 122 Å². The summed E-state index contributed by atoms with van der Waals surface area (Å²) in [6.45, 7) is 9.19. The van der Waals surface area contributed by atoms with Crippen LogP contribution in [0.2, 0.25) is 0 Å². The summed E-state index contributed by atoms with van der Waals surface area (Å²) in [5.74, 6) is 0.835. The lowest BCUT2D eigenvalue weighted by molar-refractivity contribution is 0.673. The second-order valence-corrected chi connectivity index (χ2v) is 5.41. The summed E-state index contributed by atoms with van der Waals surface area (Å²) in [5, 5.41) is 10.2. The molecule has 0 aliphatic rings. The highest BCUT2D eigenvalue weighted by Gasteiger charge is 2.14. The van der Waals surface area contributed by atoms with Gasteiger partial charge in [-0.15, -0.1) is 11.3 Å². The van der Waals surface area contributed by atoms with Gasteiger partial charge in [-0.3, -0.25) is 9.67 Å². The van der Waals surface area contributed by atoms with Crippen molar-refractivity contribution in [1.82, 2.24) is 19.7 Å². The zero-order valence-electron chi connectivity index (χ0n) is 11.5. The molecule has 1 N–H and O–H groups in total. The van der Waals surface area contributed by atoms with Crippen LogP contribution in [0.3, 0.4) is 0 Å². The number of nitrogens with one attached hydrogen (secondary N) is 1. The van der Waals surface area contributed by atoms with Gasteiger partial charge in [-0.05, 0) is 32.5 Å².